The highest BCUT2D eigenvalue weighted by Gasteiger charge is 2.36. The number of anilines is 1. The zero-order valence-electron chi connectivity index (χ0n) is 17.4. The van der Waals surface area contributed by atoms with E-state index in [0.717, 1.165) is 26.2 Å². The van der Waals surface area contributed by atoms with Gasteiger partial charge in [-0.3, -0.25) is 14.9 Å². The molecule has 0 aromatic heterocycles. The Labute approximate surface area is 207 Å². The van der Waals surface area contributed by atoms with Crippen molar-refractivity contribution >= 4 is 52.2 Å². The first kappa shape index (κ1) is 23.1. The molecule has 1 aliphatic rings. The second-order valence-corrected chi connectivity index (χ2v) is 8.34. The van der Waals surface area contributed by atoms with Gasteiger partial charge in [0.25, 0.3) is 11.8 Å². The summed E-state index contributed by atoms with van der Waals surface area (Å²) >= 11 is 2.07. The monoisotopic (exact) mass is 567 g/mol. The number of barbiturate groups is 1. The van der Waals surface area contributed by atoms with Crippen LogP contribution in [0, 0.1) is 20.7 Å². The van der Waals surface area contributed by atoms with E-state index in [1.54, 1.807) is 30.3 Å². The molecule has 0 atom stereocenters. The first-order chi connectivity index (χ1) is 16.4. The lowest BCUT2D eigenvalue weighted by Crippen LogP contribution is -2.54. The summed E-state index contributed by atoms with van der Waals surface area (Å²) in [6.45, 7) is 0.204. The van der Waals surface area contributed by atoms with Crippen molar-refractivity contribution in [2.24, 2.45) is 0 Å². The van der Waals surface area contributed by atoms with Crippen molar-refractivity contribution in [3.8, 4) is 11.8 Å². The van der Waals surface area contributed by atoms with Crippen LogP contribution < -0.4 is 15.0 Å². The largest absolute Gasteiger partial charge is 0.488 e. The maximum Gasteiger partial charge on any atom is 0.335 e. The van der Waals surface area contributed by atoms with Crippen LogP contribution in [0.25, 0.3) is 6.08 Å². The van der Waals surface area contributed by atoms with Crippen LogP contribution >= 0.6 is 22.6 Å². The van der Waals surface area contributed by atoms with Crippen molar-refractivity contribution in [2.45, 2.75) is 6.61 Å². The van der Waals surface area contributed by atoms with E-state index in [4.69, 9.17) is 4.74 Å². The van der Waals surface area contributed by atoms with Gasteiger partial charge in [-0.1, -0.05) is 24.3 Å². The van der Waals surface area contributed by atoms with E-state index in [9.17, 15) is 24.0 Å². The van der Waals surface area contributed by atoms with Gasteiger partial charge in [0, 0.05) is 5.56 Å². The zero-order chi connectivity index (χ0) is 24.2. The molecular weight excluding hydrogens is 552 g/mol. The standard InChI is InChI=1S/C25H15FIN3O4/c26-18-6-8-19(9-7-18)30-24(32)20(23(31)29-25(30)33)11-15-5-10-22(21(27)12-15)34-14-17-4-2-1-3-16(17)13-28/h1-12H,14H2,(H,29,31,33)/b20-11+. The Morgan fingerprint density at radius 1 is 1.06 bits per heavy atom. The van der Waals surface area contributed by atoms with Crippen molar-refractivity contribution in [1.82, 2.24) is 5.32 Å². The molecule has 0 bridgehead atoms. The van der Waals surface area contributed by atoms with E-state index in [1.807, 2.05) is 12.1 Å². The van der Waals surface area contributed by atoms with Gasteiger partial charge in [0.15, 0.2) is 0 Å². The van der Waals surface area contributed by atoms with E-state index < -0.39 is 23.7 Å². The second kappa shape index (κ2) is 9.84. The van der Waals surface area contributed by atoms with Crippen LogP contribution in [0.15, 0.2) is 72.3 Å². The molecule has 4 amide bonds. The highest BCUT2D eigenvalue weighted by atomic mass is 127. The van der Waals surface area contributed by atoms with Crippen molar-refractivity contribution in [1.29, 1.82) is 5.26 Å². The summed E-state index contributed by atoms with van der Waals surface area (Å²) in [6.07, 6.45) is 1.37. The summed E-state index contributed by atoms with van der Waals surface area (Å²) in [5, 5.41) is 11.3. The number of nitrogens with one attached hydrogen (secondary N) is 1. The number of hydrogen-bond acceptors (Lipinski definition) is 5. The number of nitriles is 1. The molecule has 0 radical (unpaired) electrons. The molecule has 0 saturated carbocycles. The molecule has 0 aliphatic carbocycles. The summed E-state index contributed by atoms with van der Waals surface area (Å²) in [4.78, 5) is 38.3. The third-order valence-electron chi connectivity index (χ3n) is 4.97. The van der Waals surface area contributed by atoms with Gasteiger partial charge in [-0.2, -0.15) is 5.26 Å². The van der Waals surface area contributed by atoms with Crippen LogP contribution in [0.5, 0.6) is 5.75 Å². The molecule has 7 nitrogen and oxygen atoms in total. The maximum absolute atomic E-state index is 13.2. The molecule has 3 aromatic rings. The third-order valence-corrected chi connectivity index (χ3v) is 5.82. The highest BCUT2D eigenvalue weighted by Crippen LogP contribution is 2.26. The Balaban J connectivity index is 1.56. The SMILES string of the molecule is N#Cc1ccccc1COc1ccc(/C=C2\C(=O)NC(=O)N(c3ccc(F)cc3)C2=O)cc1I. The second-order valence-electron chi connectivity index (χ2n) is 7.18. The van der Waals surface area contributed by atoms with Gasteiger partial charge in [-0.15, -0.1) is 0 Å². The van der Waals surface area contributed by atoms with Gasteiger partial charge in [-0.05, 0) is 76.7 Å². The molecular formula is C25H15FIN3O4. The lowest BCUT2D eigenvalue weighted by Gasteiger charge is -2.26. The molecule has 1 N–H and O–H groups in total. The van der Waals surface area contributed by atoms with Crippen LogP contribution in [0.1, 0.15) is 16.7 Å². The fraction of sp³-hybridized carbons (Fsp3) is 0.0400. The predicted molar refractivity (Wildman–Crippen MR) is 130 cm³/mol. The predicted octanol–water partition coefficient (Wildman–Crippen LogP) is 4.55. The van der Waals surface area contributed by atoms with Gasteiger partial charge in [0.1, 0.15) is 23.7 Å². The average molecular weight is 567 g/mol. The summed E-state index contributed by atoms with van der Waals surface area (Å²) in [5.74, 6) is -1.59. The van der Waals surface area contributed by atoms with E-state index >= 15 is 0 Å². The number of amides is 4. The van der Waals surface area contributed by atoms with Crippen molar-refractivity contribution < 1.29 is 23.5 Å². The Morgan fingerprint density at radius 3 is 2.50 bits per heavy atom. The fourth-order valence-electron chi connectivity index (χ4n) is 3.28. The maximum atomic E-state index is 13.2. The summed E-state index contributed by atoms with van der Waals surface area (Å²) < 4.78 is 19.8. The van der Waals surface area contributed by atoms with E-state index in [1.165, 1.54) is 18.2 Å². The summed E-state index contributed by atoms with van der Waals surface area (Å²) in [5.41, 5.74) is 1.72. The van der Waals surface area contributed by atoms with Gasteiger partial charge in [0.2, 0.25) is 0 Å². The highest BCUT2D eigenvalue weighted by molar-refractivity contribution is 14.1. The number of ether oxygens (including phenoxy) is 1. The van der Waals surface area contributed by atoms with Crippen LogP contribution in [0.2, 0.25) is 0 Å². The minimum atomic E-state index is -0.908. The number of carbonyl (C=O) groups is 3. The number of benzene rings is 3. The van der Waals surface area contributed by atoms with Gasteiger partial charge < -0.3 is 4.74 Å². The molecule has 0 unspecified atom stereocenters. The Kier molecular flexibility index (Phi) is 6.70. The van der Waals surface area contributed by atoms with E-state index in [-0.39, 0.29) is 17.9 Å². The molecule has 1 saturated heterocycles. The Bertz CT molecular complexity index is 1380. The van der Waals surface area contributed by atoms with Crippen LogP contribution in [0.3, 0.4) is 0 Å². The minimum Gasteiger partial charge on any atom is -0.488 e. The van der Waals surface area contributed by atoms with Crippen LogP contribution in [-0.4, -0.2) is 17.8 Å². The molecule has 4 rings (SSSR count). The minimum absolute atomic E-state index is 0.137. The van der Waals surface area contributed by atoms with Crippen LogP contribution in [0.4, 0.5) is 14.9 Å². The lowest BCUT2D eigenvalue weighted by molar-refractivity contribution is -0.122. The topological polar surface area (TPSA) is 99.5 Å². The van der Waals surface area contributed by atoms with Crippen molar-refractivity contribution in [3.05, 3.63) is 98.4 Å². The number of nitrogens with zero attached hydrogens (tertiary/aromatic N) is 2. The number of urea groups is 1. The van der Waals surface area contributed by atoms with Crippen molar-refractivity contribution in [3.63, 3.8) is 0 Å². The van der Waals surface area contributed by atoms with Crippen LogP contribution in [-0.2, 0) is 16.2 Å². The van der Waals surface area contributed by atoms with Crippen molar-refractivity contribution in [2.75, 3.05) is 4.90 Å². The molecule has 3 aromatic carbocycles. The number of imide groups is 2. The fourth-order valence-corrected chi connectivity index (χ4v) is 3.98. The molecule has 0 spiro atoms. The molecule has 1 fully saturated rings. The quantitative estimate of drug-likeness (QED) is 0.277. The number of rotatable bonds is 5. The molecule has 168 valence electrons. The molecule has 1 aliphatic heterocycles. The molecule has 1 heterocycles. The molecule has 34 heavy (non-hydrogen) atoms. The zero-order valence-corrected chi connectivity index (χ0v) is 19.6. The van der Waals surface area contributed by atoms with E-state index in [0.29, 0.717) is 16.9 Å². The number of hydrogen-bond donors (Lipinski definition) is 1. The lowest BCUT2D eigenvalue weighted by atomic mass is 10.1. The Hall–Kier alpha value is -4.04. The van der Waals surface area contributed by atoms with Gasteiger partial charge in [0.05, 0.1) is 20.9 Å². The van der Waals surface area contributed by atoms with E-state index in [2.05, 4.69) is 34.0 Å². The average Bonchev–Trinajstić information content (AvgIpc) is 2.82. The number of halogens is 2. The van der Waals surface area contributed by atoms with Gasteiger partial charge >= 0.3 is 6.03 Å². The Morgan fingerprint density at radius 2 is 1.79 bits per heavy atom. The smallest absolute Gasteiger partial charge is 0.335 e. The summed E-state index contributed by atoms with van der Waals surface area (Å²) in [7, 11) is 0. The normalized spacial score (nSPS) is 14.7. The first-order valence-corrected chi connectivity index (χ1v) is 11.0. The third kappa shape index (κ3) is 4.82. The van der Waals surface area contributed by atoms with Gasteiger partial charge in [-0.25, -0.2) is 14.1 Å². The first-order valence-electron chi connectivity index (χ1n) is 9.95. The number of carbonyl (C=O) groups excluding carboxylic acids is 3. The summed E-state index contributed by atoms with van der Waals surface area (Å²) in [6, 6.07) is 18.2. The molecule has 9 heteroatoms.